The molecule has 3 heterocycles. The van der Waals surface area contributed by atoms with Gasteiger partial charge in [-0.05, 0) is 32.4 Å². The third-order valence-corrected chi connectivity index (χ3v) is 5.07. The largest absolute Gasteiger partial charge is 0.347 e. The zero-order chi connectivity index (χ0) is 18.4. The quantitative estimate of drug-likeness (QED) is 0.454. The third-order valence-electron chi connectivity index (χ3n) is 5.07. The summed E-state index contributed by atoms with van der Waals surface area (Å²) in [6.45, 7) is 6.57. The zero-order valence-electron chi connectivity index (χ0n) is 14.9. The maximum atomic E-state index is 12.6. The molecular formula is C19H21N5O2. The SMILES string of the molecule is CCn1cc(C(c2c(C)[nH][nH]c2=O)c2c(C)[nH][nH]c2=O)c2ccccc21. The van der Waals surface area contributed by atoms with Crippen molar-refractivity contribution < 1.29 is 0 Å². The monoisotopic (exact) mass is 351 g/mol. The summed E-state index contributed by atoms with van der Waals surface area (Å²) in [7, 11) is 0. The smallest absolute Gasteiger partial charge is 0.268 e. The van der Waals surface area contributed by atoms with Crippen LogP contribution in [0, 0.1) is 13.8 Å². The van der Waals surface area contributed by atoms with Crippen LogP contribution in [0.2, 0.25) is 0 Å². The van der Waals surface area contributed by atoms with Gasteiger partial charge in [0.1, 0.15) is 0 Å². The van der Waals surface area contributed by atoms with Gasteiger partial charge in [-0.1, -0.05) is 18.2 Å². The highest BCUT2D eigenvalue weighted by Crippen LogP contribution is 2.36. The Bertz CT molecular complexity index is 1150. The van der Waals surface area contributed by atoms with Gasteiger partial charge >= 0.3 is 0 Å². The van der Waals surface area contributed by atoms with E-state index in [1.165, 1.54) is 0 Å². The number of H-pyrrole nitrogens is 4. The summed E-state index contributed by atoms with van der Waals surface area (Å²) < 4.78 is 2.14. The highest BCUT2D eigenvalue weighted by molar-refractivity contribution is 5.85. The van der Waals surface area contributed by atoms with E-state index in [1.807, 2.05) is 38.2 Å². The molecular weight excluding hydrogens is 330 g/mol. The molecule has 0 unspecified atom stereocenters. The molecule has 0 saturated carbocycles. The van der Waals surface area contributed by atoms with E-state index < -0.39 is 5.92 Å². The molecule has 0 aliphatic carbocycles. The van der Waals surface area contributed by atoms with Crippen LogP contribution >= 0.6 is 0 Å². The molecule has 0 amide bonds. The number of aromatic amines is 4. The first-order valence-corrected chi connectivity index (χ1v) is 8.65. The Kier molecular flexibility index (Phi) is 3.72. The van der Waals surface area contributed by atoms with E-state index in [0.29, 0.717) is 11.1 Å². The van der Waals surface area contributed by atoms with Gasteiger partial charge in [0.05, 0.1) is 17.0 Å². The topological polar surface area (TPSA) is 102 Å². The summed E-state index contributed by atoms with van der Waals surface area (Å²) in [6.07, 6.45) is 2.05. The Morgan fingerprint density at radius 1 is 0.923 bits per heavy atom. The van der Waals surface area contributed by atoms with Crippen molar-refractivity contribution >= 4 is 10.9 Å². The van der Waals surface area contributed by atoms with E-state index in [4.69, 9.17) is 0 Å². The number of aromatic nitrogens is 5. The number of fused-ring (bicyclic) bond motifs is 1. The van der Waals surface area contributed by atoms with E-state index in [-0.39, 0.29) is 11.1 Å². The molecule has 0 radical (unpaired) electrons. The van der Waals surface area contributed by atoms with Gasteiger partial charge in [-0.25, -0.2) is 0 Å². The van der Waals surface area contributed by atoms with E-state index in [1.54, 1.807) is 0 Å². The molecule has 0 bridgehead atoms. The van der Waals surface area contributed by atoms with Crippen LogP contribution in [0.25, 0.3) is 10.9 Å². The first-order valence-electron chi connectivity index (χ1n) is 8.65. The van der Waals surface area contributed by atoms with Gasteiger partial charge < -0.3 is 14.8 Å². The molecule has 0 fully saturated rings. The number of hydrogen-bond acceptors (Lipinski definition) is 2. The fraction of sp³-hybridized carbons (Fsp3) is 0.263. The Morgan fingerprint density at radius 2 is 1.50 bits per heavy atom. The maximum Gasteiger partial charge on any atom is 0.268 e. The molecule has 4 aromatic rings. The standard InChI is InChI=1S/C19H21N5O2/c1-4-24-9-13(12-7-5-6-8-14(12)24)17(15-10(2)20-22-18(15)25)16-11(3)21-23-19(16)26/h5-9,17H,4H2,1-3H3,(H2,20,22,25)(H2,21,23,26). The summed E-state index contributed by atoms with van der Waals surface area (Å²) in [5, 5.41) is 12.1. The van der Waals surface area contributed by atoms with Gasteiger partial charge in [-0.2, -0.15) is 0 Å². The lowest BCUT2D eigenvalue weighted by molar-refractivity contribution is 0.788. The van der Waals surface area contributed by atoms with Crippen molar-refractivity contribution in [3.63, 3.8) is 0 Å². The Hall–Kier alpha value is -3.22. The summed E-state index contributed by atoms with van der Waals surface area (Å²) in [5.74, 6) is -0.460. The third kappa shape index (κ3) is 2.28. The minimum absolute atomic E-state index is 0.208. The predicted octanol–water partition coefficient (Wildman–Crippen LogP) is 2.49. The molecule has 26 heavy (non-hydrogen) atoms. The predicted molar refractivity (Wildman–Crippen MR) is 101 cm³/mol. The first-order chi connectivity index (χ1) is 12.5. The molecule has 1 aromatic carbocycles. The van der Waals surface area contributed by atoms with E-state index in [0.717, 1.165) is 34.4 Å². The molecule has 3 aromatic heterocycles. The molecule has 4 rings (SSSR count). The van der Waals surface area contributed by atoms with Crippen molar-refractivity contribution in [3.05, 3.63) is 79.2 Å². The van der Waals surface area contributed by atoms with Gasteiger partial charge in [-0.3, -0.25) is 19.8 Å². The summed E-state index contributed by atoms with van der Waals surface area (Å²) in [6, 6.07) is 8.07. The first kappa shape index (κ1) is 16.3. The van der Waals surface area contributed by atoms with Crippen LogP contribution < -0.4 is 11.1 Å². The average molecular weight is 351 g/mol. The van der Waals surface area contributed by atoms with Crippen molar-refractivity contribution in [2.75, 3.05) is 0 Å². The molecule has 7 heteroatoms. The van der Waals surface area contributed by atoms with E-state index in [9.17, 15) is 9.59 Å². The minimum atomic E-state index is -0.460. The van der Waals surface area contributed by atoms with E-state index >= 15 is 0 Å². The van der Waals surface area contributed by atoms with Crippen LogP contribution in [0.5, 0.6) is 0 Å². The van der Waals surface area contributed by atoms with Crippen molar-refractivity contribution in [2.24, 2.45) is 0 Å². The Labute approximate surface area is 149 Å². The molecule has 4 N–H and O–H groups in total. The second kappa shape index (κ2) is 5.94. The fourth-order valence-electron chi connectivity index (χ4n) is 3.83. The highest BCUT2D eigenvalue weighted by atomic mass is 16.1. The Balaban J connectivity index is 2.11. The highest BCUT2D eigenvalue weighted by Gasteiger charge is 2.30. The van der Waals surface area contributed by atoms with Crippen LogP contribution in [0.4, 0.5) is 0 Å². The second-order valence-corrected chi connectivity index (χ2v) is 6.56. The summed E-state index contributed by atoms with van der Waals surface area (Å²) in [4.78, 5) is 25.1. The minimum Gasteiger partial charge on any atom is -0.347 e. The number of aryl methyl sites for hydroxylation is 3. The number of benzene rings is 1. The fourth-order valence-corrected chi connectivity index (χ4v) is 3.83. The molecule has 0 aliphatic heterocycles. The number of nitrogens with one attached hydrogen (secondary N) is 4. The number of para-hydroxylation sites is 1. The van der Waals surface area contributed by atoms with Gasteiger partial charge in [0.15, 0.2) is 0 Å². The molecule has 7 nitrogen and oxygen atoms in total. The van der Waals surface area contributed by atoms with Crippen molar-refractivity contribution in [1.82, 2.24) is 25.0 Å². The number of nitrogens with zero attached hydrogens (tertiary/aromatic N) is 1. The van der Waals surface area contributed by atoms with Crippen LogP contribution in [0.3, 0.4) is 0 Å². The molecule has 0 atom stereocenters. The number of hydrogen-bond donors (Lipinski definition) is 4. The number of rotatable bonds is 4. The lowest BCUT2D eigenvalue weighted by Crippen LogP contribution is -2.20. The zero-order valence-corrected chi connectivity index (χ0v) is 14.9. The van der Waals surface area contributed by atoms with Crippen molar-refractivity contribution in [2.45, 2.75) is 33.2 Å². The van der Waals surface area contributed by atoms with Crippen LogP contribution in [-0.2, 0) is 6.54 Å². The van der Waals surface area contributed by atoms with Gasteiger partial charge in [-0.15, -0.1) is 0 Å². The molecule has 134 valence electrons. The molecule has 0 aliphatic rings. The Morgan fingerprint density at radius 3 is 2.00 bits per heavy atom. The van der Waals surface area contributed by atoms with Gasteiger partial charge in [0, 0.05) is 35.0 Å². The van der Waals surface area contributed by atoms with Gasteiger partial charge in [0.25, 0.3) is 11.1 Å². The van der Waals surface area contributed by atoms with Crippen molar-refractivity contribution in [3.8, 4) is 0 Å². The lowest BCUT2D eigenvalue weighted by atomic mass is 9.85. The van der Waals surface area contributed by atoms with Crippen LogP contribution in [-0.4, -0.2) is 25.0 Å². The second-order valence-electron chi connectivity index (χ2n) is 6.56. The van der Waals surface area contributed by atoms with Crippen molar-refractivity contribution in [1.29, 1.82) is 0 Å². The normalized spacial score (nSPS) is 11.7. The summed E-state index contributed by atoms with van der Waals surface area (Å²) in [5.41, 5.74) is 4.21. The summed E-state index contributed by atoms with van der Waals surface area (Å²) >= 11 is 0. The van der Waals surface area contributed by atoms with Crippen LogP contribution in [0.15, 0.2) is 40.1 Å². The maximum absolute atomic E-state index is 12.6. The molecule has 0 saturated heterocycles. The lowest BCUT2D eigenvalue weighted by Gasteiger charge is -2.15. The average Bonchev–Trinajstić information content (AvgIpc) is 3.28. The van der Waals surface area contributed by atoms with Gasteiger partial charge in [0.2, 0.25) is 0 Å². The van der Waals surface area contributed by atoms with Crippen LogP contribution in [0.1, 0.15) is 40.9 Å². The molecule has 0 spiro atoms. The van der Waals surface area contributed by atoms with E-state index in [2.05, 4.69) is 38.0 Å².